The number of rotatable bonds is 2. The molecule has 2 radical (unpaired) electrons. The second-order valence-electron chi connectivity index (χ2n) is 1.07. The van der Waals surface area contributed by atoms with Crippen LogP contribution in [0.25, 0.3) is 0 Å². The molecule has 0 bridgehead atoms. The van der Waals surface area contributed by atoms with Crippen LogP contribution in [0, 0.1) is 0 Å². The molecule has 6 heavy (non-hydrogen) atoms. The first-order valence-electron chi connectivity index (χ1n) is 1.72. The maximum atomic E-state index is 9.52. The van der Waals surface area contributed by atoms with Crippen LogP contribution < -0.4 is 0 Å². The summed E-state index contributed by atoms with van der Waals surface area (Å²) in [5.41, 5.74) is -0.0532. The lowest BCUT2D eigenvalue weighted by molar-refractivity contribution is -0.107. The van der Waals surface area contributed by atoms with Gasteiger partial charge in [0.2, 0.25) is 0 Å². The van der Waals surface area contributed by atoms with Gasteiger partial charge in [-0.2, -0.15) is 0 Å². The van der Waals surface area contributed by atoms with Gasteiger partial charge in [-0.1, -0.05) is 5.56 Å². The van der Waals surface area contributed by atoms with E-state index in [0.717, 1.165) is 6.29 Å². The fraction of sp³-hybridized carbons (Fsp3) is 0.667. The molecule has 0 heterocycles. The molecule has 0 aliphatic rings. The van der Waals surface area contributed by atoms with Crippen molar-refractivity contribution in [3.05, 3.63) is 0 Å². The van der Waals surface area contributed by atoms with E-state index < -0.39 is 0 Å². The molecule has 2 atom stereocenters. The monoisotopic (exact) mass is 100 g/mol. The SMILES string of the molecule is [B]C(P)CC=O. The Labute approximate surface area is 41.1 Å². The number of hydrogen-bond donors (Lipinski definition) is 0. The molecule has 32 valence electrons. The highest BCUT2D eigenvalue weighted by atomic mass is 31.0. The Morgan fingerprint density at radius 3 is 2.50 bits per heavy atom. The van der Waals surface area contributed by atoms with Gasteiger partial charge < -0.3 is 4.79 Å². The molecule has 0 amide bonds. The summed E-state index contributed by atoms with van der Waals surface area (Å²) >= 11 is 0. The van der Waals surface area contributed by atoms with Crippen molar-refractivity contribution >= 4 is 23.4 Å². The molecular formula is C3H6BOP. The molecule has 0 fully saturated rings. The van der Waals surface area contributed by atoms with Crippen molar-refractivity contribution < 1.29 is 4.79 Å². The van der Waals surface area contributed by atoms with Gasteiger partial charge in [0.1, 0.15) is 6.29 Å². The fourth-order valence-corrected chi connectivity index (χ4v) is 0.222. The van der Waals surface area contributed by atoms with Gasteiger partial charge in [-0.05, 0) is 0 Å². The molecule has 0 spiro atoms. The summed E-state index contributed by atoms with van der Waals surface area (Å²) in [5, 5.41) is 0. The van der Waals surface area contributed by atoms with E-state index in [4.69, 9.17) is 7.85 Å². The van der Waals surface area contributed by atoms with Gasteiger partial charge >= 0.3 is 0 Å². The van der Waals surface area contributed by atoms with Crippen LogP contribution in [0.5, 0.6) is 0 Å². The van der Waals surface area contributed by atoms with Crippen molar-refractivity contribution in [2.45, 2.75) is 12.0 Å². The minimum atomic E-state index is -0.0532. The predicted molar refractivity (Wildman–Crippen MR) is 29.9 cm³/mol. The first-order valence-corrected chi connectivity index (χ1v) is 2.39. The van der Waals surface area contributed by atoms with Crippen molar-refractivity contribution in [2.75, 3.05) is 0 Å². The van der Waals surface area contributed by atoms with Crippen LogP contribution in [0.4, 0.5) is 0 Å². The largest absolute Gasteiger partial charge is 0.303 e. The molecule has 0 aromatic carbocycles. The summed E-state index contributed by atoms with van der Waals surface area (Å²) in [5.74, 6) is 0. The van der Waals surface area contributed by atoms with Gasteiger partial charge in [-0.3, -0.25) is 0 Å². The number of aldehydes is 1. The molecule has 0 aliphatic carbocycles. The van der Waals surface area contributed by atoms with Gasteiger partial charge in [-0.15, -0.1) is 9.24 Å². The molecule has 2 unspecified atom stereocenters. The van der Waals surface area contributed by atoms with E-state index in [2.05, 4.69) is 9.24 Å². The summed E-state index contributed by atoms with van der Waals surface area (Å²) < 4.78 is 0. The van der Waals surface area contributed by atoms with E-state index in [9.17, 15) is 4.79 Å². The van der Waals surface area contributed by atoms with Crippen molar-refractivity contribution in [3.63, 3.8) is 0 Å². The molecule has 0 aromatic heterocycles. The molecule has 0 saturated heterocycles. The summed E-state index contributed by atoms with van der Waals surface area (Å²) in [6, 6.07) is 0. The maximum absolute atomic E-state index is 9.52. The van der Waals surface area contributed by atoms with E-state index in [0.29, 0.717) is 6.42 Å². The lowest BCUT2D eigenvalue weighted by Crippen LogP contribution is -1.94. The van der Waals surface area contributed by atoms with Crippen LogP contribution in [0.15, 0.2) is 0 Å². The van der Waals surface area contributed by atoms with Gasteiger partial charge in [0.25, 0.3) is 0 Å². The van der Waals surface area contributed by atoms with Gasteiger partial charge in [0.05, 0.1) is 7.85 Å². The molecule has 0 aliphatic heterocycles. The standard InChI is InChI=1S/C3H6BOP/c4-3(6)1-2-5/h2-3H,1,6H2. The normalized spacial score (nSPS) is 13.5. The Bertz CT molecular complexity index is 46.1. The zero-order valence-electron chi connectivity index (χ0n) is 3.42. The van der Waals surface area contributed by atoms with Crippen LogP contribution in [0.1, 0.15) is 6.42 Å². The lowest BCUT2D eigenvalue weighted by Gasteiger charge is -1.90. The molecule has 0 saturated carbocycles. The smallest absolute Gasteiger partial charge is 0.119 e. The van der Waals surface area contributed by atoms with Crippen LogP contribution >= 0.6 is 9.24 Å². The van der Waals surface area contributed by atoms with Crippen molar-refractivity contribution in [3.8, 4) is 0 Å². The third-order valence-corrected chi connectivity index (χ3v) is 0.641. The number of hydrogen-bond acceptors (Lipinski definition) is 1. The van der Waals surface area contributed by atoms with Crippen molar-refractivity contribution in [2.24, 2.45) is 0 Å². The fourth-order valence-electron chi connectivity index (χ4n) is 0.111. The first-order chi connectivity index (χ1) is 2.77. The summed E-state index contributed by atoms with van der Waals surface area (Å²) in [7, 11) is 7.46. The van der Waals surface area contributed by atoms with Crippen molar-refractivity contribution in [1.29, 1.82) is 0 Å². The van der Waals surface area contributed by atoms with Crippen molar-refractivity contribution in [1.82, 2.24) is 0 Å². The Hall–Kier alpha value is 0.165. The molecule has 0 aromatic rings. The number of carbonyl (C=O) groups is 1. The minimum absolute atomic E-state index is 0.0532. The van der Waals surface area contributed by atoms with Gasteiger partial charge in [0, 0.05) is 6.42 Å². The highest BCUT2D eigenvalue weighted by molar-refractivity contribution is 7.20. The Balaban J connectivity index is 2.81. The third-order valence-electron chi connectivity index (χ3n) is 0.368. The van der Waals surface area contributed by atoms with Crippen LogP contribution in [-0.2, 0) is 4.79 Å². The topological polar surface area (TPSA) is 17.1 Å². The minimum Gasteiger partial charge on any atom is -0.303 e. The molecule has 0 rings (SSSR count). The summed E-state index contributed by atoms with van der Waals surface area (Å²) in [6.07, 6.45) is 1.24. The Morgan fingerprint density at radius 1 is 2.00 bits per heavy atom. The average Bonchev–Trinajstić information content (AvgIpc) is 1.35. The zero-order chi connectivity index (χ0) is 4.99. The lowest BCUT2D eigenvalue weighted by atomic mass is 10.0. The molecule has 0 N–H and O–H groups in total. The third kappa shape index (κ3) is 4.16. The average molecular weight is 99.9 g/mol. The van der Waals surface area contributed by atoms with E-state index in [1.54, 1.807) is 0 Å². The summed E-state index contributed by atoms with van der Waals surface area (Å²) in [4.78, 5) is 9.52. The maximum Gasteiger partial charge on any atom is 0.119 e. The Kier molecular flexibility index (Phi) is 3.45. The van der Waals surface area contributed by atoms with Gasteiger partial charge in [-0.25, -0.2) is 0 Å². The molecule has 1 nitrogen and oxygen atoms in total. The number of carbonyl (C=O) groups excluding carboxylic acids is 1. The summed E-state index contributed by atoms with van der Waals surface area (Å²) in [6.45, 7) is 0. The predicted octanol–water partition coefficient (Wildman–Crippen LogP) is -0.0549. The van der Waals surface area contributed by atoms with E-state index in [-0.39, 0.29) is 5.56 Å². The highest BCUT2D eigenvalue weighted by Gasteiger charge is 1.85. The van der Waals surface area contributed by atoms with E-state index >= 15 is 0 Å². The first kappa shape index (κ1) is 6.16. The van der Waals surface area contributed by atoms with Gasteiger partial charge in [0.15, 0.2) is 0 Å². The second-order valence-corrected chi connectivity index (χ2v) is 1.92. The van der Waals surface area contributed by atoms with E-state index in [1.165, 1.54) is 0 Å². The quantitative estimate of drug-likeness (QED) is 0.270. The van der Waals surface area contributed by atoms with Crippen LogP contribution in [-0.4, -0.2) is 19.7 Å². The second kappa shape index (κ2) is 3.36. The Morgan fingerprint density at radius 2 is 2.50 bits per heavy atom. The van der Waals surface area contributed by atoms with Crippen LogP contribution in [0.3, 0.4) is 0 Å². The molecular weight excluding hydrogens is 93.8 g/mol. The van der Waals surface area contributed by atoms with Crippen LogP contribution in [0.2, 0.25) is 0 Å². The molecule has 3 heteroatoms. The highest BCUT2D eigenvalue weighted by Crippen LogP contribution is 1.94. The zero-order valence-corrected chi connectivity index (χ0v) is 4.58. The van der Waals surface area contributed by atoms with E-state index in [1.807, 2.05) is 0 Å².